The molecule has 1 aromatic carbocycles. The fraction of sp³-hybridized carbons (Fsp3) is 0.200. The number of phenolic OH excluding ortho intramolecular Hbond substituents is 1. The fourth-order valence-electron chi connectivity index (χ4n) is 1.15. The van der Waals surface area contributed by atoms with Crippen molar-refractivity contribution >= 4 is 15.7 Å². The molecule has 0 amide bonds. The number of rotatable bonds is 4. The lowest BCUT2D eigenvalue weighted by Gasteiger charge is -2.08. The van der Waals surface area contributed by atoms with Crippen molar-refractivity contribution in [3.8, 4) is 18.1 Å². The number of phenols is 1. The molecule has 0 saturated heterocycles. The van der Waals surface area contributed by atoms with Crippen molar-refractivity contribution in [1.29, 1.82) is 0 Å². The first kappa shape index (κ1) is 14.0. The molecule has 0 saturated carbocycles. The molecule has 0 aliphatic heterocycles. The molecule has 1 aromatic rings. The minimum absolute atomic E-state index is 0.339. The zero-order chi connectivity index (χ0) is 13.9. The molecule has 18 heavy (non-hydrogen) atoms. The normalized spacial score (nSPS) is 12.7. The van der Waals surface area contributed by atoms with E-state index in [2.05, 4.69) is 10.6 Å². The van der Waals surface area contributed by atoms with E-state index in [1.54, 1.807) is 0 Å². The van der Waals surface area contributed by atoms with Crippen LogP contribution >= 0.6 is 0 Å². The van der Waals surface area contributed by atoms with Gasteiger partial charge in [0.1, 0.15) is 0 Å². The number of sulfonamides is 1. The average molecular weight is 270 g/mol. The third-order valence-electron chi connectivity index (χ3n) is 2.04. The third kappa shape index (κ3) is 2.97. The lowest BCUT2D eigenvalue weighted by atomic mass is 10.3. The van der Waals surface area contributed by atoms with Crippen molar-refractivity contribution in [1.82, 2.24) is 4.72 Å². The first-order chi connectivity index (χ1) is 8.27. The highest BCUT2D eigenvalue weighted by Crippen LogP contribution is 2.28. The summed E-state index contributed by atoms with van der Waals surface area (Å²) < 4.78 is 25.7. The standard InChI is InChI=1S/C10H10N2O5S/c1-3-7(2)11-18(16,17)8-4-5-10(13)9(6-8)12(14)15/h1,4-7,11,13H,2H3. The molecular formula is C10H10N2O5S. The van der Waals surface area contributed by atoms with Gasteiger partial charge in [0.05, 0.1) is 15.9 Å². The van der Waals surface area contributed by atoms with Crippen molar-refractivity contribution in [2.45, 2.75) is 17.9 Å². The molecule has 96 valence electrons. The lowest BCUT2D eigenvalue weighted by molar-refractivity contribution is -0.386. The maximum absolute atomic E-state index is 11.8. The van der Waals surface area contributed by atoms with Gasteiger partial charge in [-0.25, -0.2) is 8.42 Å². The number of terminal acetylenes is 1. The number of nitro benzene ring substituents is 1. The molecule has 0 heterocycles. The Morgan fingerprint density at radius 2 is 2.17 bits per heavy atom. The third-order valence-corrected chi connectivity index (χ3v) is 3.57. The van der Waals surface area contributed by atoms with Gasteiger partial charge in [0.2, 0.25) is 10.0 Å². The van der Waals surface area contributed by atoms with E-state index in [-0.39, 0.29) is 4.90 Å². The van der Waals surface area contributed by atoms with Crippen LogP contribution in [0.3, 0.4) is 0 Å². The van der Waals surface area contributed by atoms with E-state index in [1.165, 1.54) is 6.92 Å². The van der Waals surface area contributed by atoms with Gasteiger partial charge in [-0.1, -0.05) is 5.92 Å². The van der Waals surface area contributed by atoms with Gasteiger partial charge in [0.15, 0.2) is 5.75 Å². The Hall–Kier alpha value is -2.11. The second-order valence-electron chi connectivity index (χ2n) is 3.42. The largest absolute Gasteiger partial charge is 0.502 e. The van der Waals surface area contributed by atoms with Crippen molar-refractivity contribution < 1.29 is 18.4 Å². The maximum Gasteiger partial charge on any atom is 0.312 e. The SMILES string of the molecule is C#CC(C)NS(=O)(=O)c1ccc(O)c([N+](=O)[O-])c1. The summed E-state index contributed by atoms with van der Waals surface area (Å²) in [7, 11) is -3.95. The molecule has 2 N–H and O–H groups in total. The number of benzene rings is 1. The van der Waals surface area contributed by atoms with Crippen molar-refractivity contribution in [2.75, 3.05) is 0 Å². The first-order valence-corrected chi connectivity index (χ1v) is 6.22. The zero-order valence-electron chi connectivity index (χ0n) is 9.32. The predicted molar refractivity (Wildman–Crippen MR) is 63.4 cm³/mol. The number of aromatic hydroxyl groups is 1. The van der Waals surface area contributed by atoms with Crippen LogP contribution in [0.5, 0.6) is 5.75 Å². The van der Waals surface area contributed by atoms with Gasteiger partial charge in [0.25, 0.3) is 0 Å². The molecule has 0 radical (unpaired) electrons. The van der Waals surface area contributed by atoms with Gasteiger partial charge in [-0.15, -0.1) is 6.42 Å². The molecule has 0 bridgehead atoms. The van der Waals surface area contributed by atoms with Crippen LogP contribution in [-0.2, 0) is 10.0 Å². The number of nitrogens with one attached hydrogen (secondary N) is 1. The molecule has 7 nitrogen and oxygen atoms in total. The summed E-state index contributed by atoms with van der Waals surface area (Å²) in [6.45, 7) is 1.45. The quantitative estimate of drug-likeness (QED) is 0.473. The van der Waals surface area contributed by atoms with E-state index >= 15 is 0 Å². The summed E-state index contributed by atoms with van der Waals surface area (Å²) in [6, 6.07) is 2.00. The molecule has 0 aliphatic rings. The van der Waals surface area contributed by atoms with Gasteiger partial charge in [-0.3, -0.25) is 10.1 Å². The summed E-state index contributed by atoms with van der Waals surface area (Å²) in [5, 5.41) is 19.8. The number of nitro groups is 1. The van der Waals surface area contributed by atoms with E-state index in [0.29, 0.717) is 0 Å². The number of hydrogen-bond donors (Lipinski definition) is 2. The summed E-state index contributed by atoms with van der Waals surface area (Å²) >= 11 is 0. The Bertz CT molecular complexity index is 618. The Labute approximate surface area is 104 Å². The van der Waals surface area contributed by atoms with Gasteiger partial charge in [0, 0.05) is 6.07 Å². The summed E-state index contributed by atoms with van der Waals surface area (Å²) in [5.41, 5.74) is -0.689. The highest BCUT2D eigenvalue weighted by atomic mass is 32.2. The summed E-state index contributed by atoms with van der Waals surface area (Å²) in [4.78, 5) is 9.36. The summed E-state index contributed by atoms with van der Waals surface area (Å²) in [5.74, 6) is 1.56. The van der Waals surface area contributed by atoms with E-state index in [1.807, 2.05) is 0 Å². The molecule has 1 rings (SSSR count). The first-order valence-electron chi connectivity index (χ1n) is 4.74. The Morgan fingerprint density at radius 3 is 2.67 bits per heavy atom. The molecule has 8 heteroatoms. The van der Waals surface area contributed by atoms with E-state index in [0.717, 1.165) is 18.2 Å². The van der Waals surface area contributed by atoms with Gasteiger partial charge in [-0.05, 0) is 19.1 Å². The Balaban J connectivity index is 3.23. The summed E-state index contributed by atoms with van der Waals surface area (Å²) in [6.07, 6.45) is 5.03. The smallest absolute Gasteiger partial charge is 0.312 e. The lowest BCUT2D eigenvalue weighted by Crippen LogP contribution is -2.31. The van der Waals surface area contributed by atoms with E-state index < -0.39 is 32.4 Å². The van der Waals surface area contributed by atoms with Crippen LogP contribution in [0.25, 0.3) is 0 Å². The maximum atomic E-state index is 11.8. The predicted octanol–water partition coefficient (Wildman–Crippen LogP) is 0.600. The fourth-order valence-corrected chi connectivity index (χ4v) is 2.33. The van der Waals surface area contributed by atoms with Gasteiger partial charge >= 0.3 is 5.69 Å². The average Bonchev–Trinajstić information content (AvgIpc) is 2.28. The molecule has 0 aliphatic carbocycles. The molecule has 1 atom stereocenters. The van der Waals surface area contributed by atoms with Gasteiger partial charge in [-0.2, -0.15) is 4.72 Å². The molecular weight excluding hydrogens is 260 g/mol. The van der Waals surface area contributed by atoms with Crippen LogP contribution < -0.4 is 4.72 Å². The monoisotopic (exact) mass is 270 g/mol. The van der Waals surface area contributed by atoms with Crippen molar-refractivity contribution in [2.24, 2.45) is 0 Å². The Kier molecular flexibility index (Phi) is 3.90. The topological polar surface area (TPSA) is 110 Å². The second-order valence-corrected chi connectivity index (χ2v) is 5.13. The van der Waals surface area contributed by atoms with Crippen LogP contribution in [0.4, 0.5) is 5.69 Å². The molecule has 0 aromatic heterocycles. The molecule has 0 spiro atoms. The Morgan fingerprint density at radius 1 is 1.56 bits per heavy atom. The number of hydrogen-bond acceptors (Lipinski definition) is 5. The highest BCUT2D eigenvalue weighted by Gasteiger charge is 2.22. The molecule has 0 fully saturated rings. The van der Waals surface area contributed by atoms with Crippen LogP contribution in [0.15, 0.2) is 23.1 Å². The minimum Gasteiger partial charge on any atom is -0.502 e. The van der Waals surface area contributed by atoms with Crippen LogP contribution in [-0.4, -0.2) is 24.5 Å². The highest BCUT2D eigenvalue weighted by molar-refractivity contribution is 7.89. The minimum atomic E-state index is -3.95. The van der Waals surface area contributed by atoms with Crippen LogP contribution in [0.1, 0.15) is 6.92 Å². The van der Waals surface area contributed by atoms with E-state index in [4.69, 9.17) is 6.42 Å². The van der Waals surface area contributed by atoms with Crippen LogP contribution in [0.2, 0.25) is 0 Å². The zero-order valence-corrected chi connectivity index (χ0v) is 10.1. The van der Waals surface area contributed by atoms with Gasteiger partial charge < -0.3 is 5.11 Å². The van der Waals surface area contributed by atoms with Crippen molar-refractivity contribution in [3.05, 3.63) is 28.3 Å². The van der Waals surface area contributed by atoms with E-state index in [9.17, 15) is 23.6 Å². The van der Waals surface area contributed by atoms with Crippen molar-refractivity contribution in [3.63, 3.8) is 0 Å². The second kappa shape index (κ2) is 5.03. The van der Waals surface area contributed by atoms with Crippen LogP contribution in [0, 0.1) is 22.5 Å². The molecule has 1 unspecified atom stereocenters. The number of nitrogens with zero attached hydrogens (tertiary/aromatic N) is 1.